The molecule has 4 rings (SSSR count). The molecule has 34 heavy (non-hydrogen) atoms. The lowest BCUT2D eigenvalue weighted by molar-refractivity contribution is -0.124. The van der Waals surface area contributed by atoms with Crippen LogP contribution in [-0.2, 0) is 16.1 Å². The molecule has 2 amide bonds. The molecule has 0 saturated heterocycles. The summed E-state index contributed by atoms with van der Waals surface area (Å²) in [5.74, 6) is 0.348. The number of Topliss-reactive ketones (excluding diaryl/α,β-unsaturated/α-hetero) is 2. The number of nitrogens with zero attached hydrogens (tertiary/aromatic N) is 1. The van der Waals surface area contributed by atoms with E-state index in [1.807, 2.05) is 19.9 Å². The van der Waals surface area contributed by atoms with E-state index in [4.69, 9.17) is 4.74 Å². The Morgan fingerprint density at radius 3 is 2.65 bits per heavy atom. The highest BCUT2D eigenvalue weighted by atomic mass is 16.5. The fraction of sp³-hybridized carbons (Fsp3) is 0.407. The van der Waals surface area contributed by atoms with E-state index in [0.29, 0.717) is 67.8 Å². The van der Waals surface area contributed by atoms with Crippen molar-refractivity contribution in [2.24, 2.45) is 0 Å². The van der Waals surface area contributed by atoms with Gasteiger partial charge in [0, 0.05) is 42.6 Å². The molecule has 1 atom stereocenters. The Balaban J connectivity index is 1.50. The van der Waals surface area contributed by atoms with Gasteiger partial charge in [-0.15, -0.1) is 0 Å². The maximum atomic E-state index is 13.1. The topological polar surface area (TPSA) is 92.8 Å². The third kappa shape index (κ3) is 5.19. The van der Waals surface area contributed by atoms with Crippen LogP contribution in [0.15, 0.2) is 36.4 Å². The van der Waals surface area contributed by atoms with Crippen molar-refractivity contribution in [2.45, 2.75) is 65.0 Å². The molecule has 0 bridgehead atoms. The molecule has 7 heteroatoms. The molecule has 0 aromatic heterocycles. The summed E-state index contributed by atoms with van der Waals surface area (Å²) >= 11 is 0. The zero-order valence-corrected chi connectivity index (χ0v) is 19.7. The zero-order chi connectivity index (χ0) is 24.2. The first-order valence-corrected chi connectivity index (χ1v) is 11.9. The number of carbonyl (C=O) groups excluding carboxylic acids is 4. The predicted octanol–water partition coefficient (Wildman–Crippen LogP) is 4.46. The van der Waals surface area contributed by atoms with Crippen LogP contribution in [-0.4, -0.2) is 40.9 Å². The summed E-state index contributed by atoms with van der Waals surface area (Å²) in [6.45, 7) is 4.60. The predicted molar refractivity (Wildman–Crippen MR) is 128 cm³/mol. The van der Waals surface area contributed by atoms with E-state index in [9.17, 15) is 19.2 Å². The van der Waals surface area contributed by atoms with E-state index in [1.54, 1.807) is 35.2 Å². The van der Waals surface area contributed by atoms with E-state index >= 15 is 0 Å². The Labute approximate surface area is 199 Å². The van der Waals surface area contributed by atoms with Crippen molar-refractivity contribution < 1.29 is 23.9 Å². The minimum absolute atomic E-state index is 0.0222. The number of hydrogen-bond acceptors (Lipinski definition) is 5. The van der Waals surface area contributed by atoms with Gasteiger partial charge in [0.2, 0.25) is 0 Å². The standard InChI is InChI=1S/C27H30N2O5/c1-3-34-22-13-17(2)12-18(15-22)26(32)28-20-8-10-23-19(14-20)16-29(27(23)33)24-11-9-21(30)6-4-5-7-25(24)31/h8,10,12-15,24H,3-7,9,11,16H2,1-2H3,(H,28,32). The van der Waals surface area contributed by atoms with Crippen LogP contribution in [0.4, 0.5) is 5.69 Å². The number of ether oxygens (including phenoxy) is 1. The molecule has 1 saturated carbocycles. The molecular formula is C27H30N2O5. The molecule has 1 aliphatic heterocycles. The summed E-state index contributed by atoms with van der Waals surface area (Å²) in [5, 5.41) is 2.90. The normalized spacial score (nSPS) is 18.7. The van der Waals surface area contributed by atoms with Crippen LogP contribution in [0.1, 0.15) is 77.3 Å². The van der Waals surface area contributed by atoms with Gasteiger partial charge in [-0.2, -0.15) is 0 Å². The number of aryl methyl sites for hydroxylation is 1. The van der Waals surface area contributed by atoms with Gasteiger partial charge in [-0.25, -0.2) is 0 Å². The largest absolute Gasteiger partial charge is 0.494 e. The van der Waals surface area contributed by atoms with Crippen LogP contribution in [0.3, 0.4) is 0 Å². The van der Waals surface area contributed by atoms with Crippen LogP contribution in [0.5, 0.6) is 5.75 Å². The number of carbonyl (C=O) groups is 4. The number of hydrogen-bond donors (Lipinski definition) is 1. The average molecular weight is 463 g/mol. The highest BCUT2D eigenvalue weighted by Crippen LogP contribution is 2.30. The van der Waals surface area contributed by atoms with Crippen molar-refractivity contribution in [3.8, 4) is 5.75 Å². The molecule has 1 heterocycles. The van der Waals surface area contributed by atoms with Crippen molar-refractivity contribution in [3.63, 3.8) is 0 Å². The van der Waals surface area contributed by atoms with E-state index in [2.05, 4.69) is 5.32 Å². The molecule has 0 spiro atoms. The lowest BCUT2D eigenvalue weighted by Gasteiger charge is -2.26. The van der Waals surface area contributed by atoms with Crippen LogP contribution in [0, 0.1) is 6.92 Å². The lowest BCUT2D eigenvalue weighted by atomic mass is 10.0. The minimum atomic E-state index is -0.579. The van der Waals surface area contributed by atoms with Crippen LogP contribution >= 0.6 is 0 Å². The quantitative estimate of drug-likeness (QED) is 0.708. The molecular weight excluding hydrogens is 432 g/mol. The maximum Gasteiger partial charge on any atom is 0.255 e. The second-order valence-corrected chi connectivity index (χ2v) is 8.99. The van der Waals surface area contributed by atoms with Gasteiger partial charge in [0.25, 0.3) is 11.8 Å². The van der Waals surface area contributed by atoms with Gasteiger partial charge < -0.3 is 15.0 Å². The molecule has 2 aromatic rings. The fourth-order valence-electron chi connectivity index (χ4n) is 4.71. The van der Waals surface area contributed by atoms with Crippen molar-refractivity contribution >= 4 is 29.1 Å². The summed E-state index contributed by atoms with van der Waals surface area (Å²) in [6.07, 6.45) is 2.98. The number of fused-ring (bicyclic) bond motifs is 1. The monoisotopic (exact) mass is 462 g/mol. The summed E-state index contributed by atoms with van der Waals surface area (Å²) in [7, 11) is 0. The third-order valence-electron chi connectivity index (χ3n) is 6.39. The van der Waals surface area contributed by atoms with Gasteiger partial charge in [-0.05, 0) is 80.6 Å². The molecule has 2 aliphatic rings. The van der Waals surface area contributed by atoms with Crippen molar-refractivity contribution in [1.82, 2.24) is 4.90 Å². The Kier molecular flexibility index (Phi) is 7.10. The molecule has 2 aromatic carbocycles. The smallest absolute Gasteiger partial charge is 0.255 e. The zero-order valence-electron chi connectivity index (χ0n) is 19.7. The van der Waals surface area contributed by atoms with E-state index in [0.717, 1.165) is 17.5 Å². The second kappa shape index (κ2) is 10.2. The van der Waals surface area contributed by atoms with E-state index in [1.165, 1.54) is 0 Å². The highest BCUT2D eigenvalue weighted by Gasteiger charge is 2.36. The maximum absolute atomic E-state index is 13.1. The van der Waals surface area contributed by atoms with Gasteiger partial charge in [0.05, 0.1) is 12.6 Å². The lowest BCUT2D eigenvalue weighted by Crippen LogP contribution is -2.41. The number of ketones is 2. The highest BCUT2D eigenvalue weighted by molar-refractivity contribution is 6.06. The van der Waals surface area contributed by atoms with Crippen molar-refractivity contribution in [3.05, 3.63) is 58.7 Å². The molecule has 178 valence electrons. The molecule has 0 radical (unpaired) electrons. The first-order valence-electron chi connectivity index (χ1n) is 11.9. The molecule has 1 unspecified atom stereocenters. The summed E-state index contributed by atoms with van der Waals surface area (Å²) in [5.41, 5.74) is 3.29. The molecule has 1 aliphatic carbocycles. The number of rotatable bonds is 5. The van der Waals surface area contributed by atoms with Crippen molar-refractivity contribution in [1.29, 1.82) is 0 Å². The Morgan fingerprint density at radius 2 is 1.85 bits per heavy atom. The molecule has 1 N–H and O–H groups in total. The first-order chi connectivity index (χ1) is 16.4. The van der Waals surface area contributed by atoms with Gasteiger partial charge in [0.1, 0.15) is 11.5 Å². The SMILES string of the molecule is CCOc1cc(C)cc(C(=O)Nc2ccc3c(c2)CN(C2CCC(=O)CCCCC2=O)C3=O)c1. The Morgan fingerprint density at radius 1 is 1.06 bits per heavy atom. The van der Waals surface area contributed by atoms with E-state index in [-0.39, 0.29) is 23.4 Å². The number of anilines is 1. The fourth-order valence-corrected chi connectivity index (χ4v) is 4.71. The molecule has 1 fully saturated rings. The minimum Gasteiger partial charge on any atom is -0.494 e. The second-order valence-electron chi connectivity index (χ2n) is 8.99. The van der Waals surface area contributed by atoms with Crippen LogP contribution in [0.25, 0.3) is 0 Å². The van der Waals surface area contributed by atoms with Gasteiger partial charge >= 0.3 is 0 Å². The molecule has 7 nitrogen and oxygen atoms in total. The van der Waals surface area contributed by atoms with Gasteiger partial charge in [0.15, 0.2) is 5.78 Å². The van der Waals surface area contributed by atoms with Crippen LogP contribution in [0.2, 0.25) is 0 Å². The summed E-state index contributed by atoms with van der Waals surface area (Å²) in [4.78, 5) is 52.4. The Hall–Kier alpha value is -3.48. The number of nitrogens with one attached hydrogen (secondary N) is 1. The van der Waals surface area contributed by atoms with Gasteiger partial charge in [-0.3, -0.25) is 19.2 Å². The van der Waals surface area contributed by atoms with Crippen LogP contribution < -0.4 is 10.1 Å². The number of amides is 2. The van der Waals surface area contributed by atoms with Gasteiger partial charge in [-0.1, -0.05) is 0 Å². The van der Waals surface area contributed by atoms with Crippen molar-refractivity contribution in [2.75, 3.05) is 11.9 Å². The first kappa shape index (κ1) is 23.7. The average Bonchev–Trinajstić information content (AvgIpc) is 3.15. The summed E-state index contributed by atoms with van der Waals surface area (Å²) in [6, 6.07) is 9.97. The summed E-state index contributed by atoms with van der Waals surface area (Å²) < 4.78 is 5.54. The van der Waals surface area contributed by atoms with E-state index < -0.39 is 6.04 Å². The number of benzene rings is 2. The third-order valence-corrected chi connectivity index (χ3v) is 6.39. The Bertz CT molecular complexity index is 1140.